The number of hydrogen-bond acceptors (Lipinski definition) is 5. The van der Waals surface area contributed by atoms with Gasteiger partial charge in [0.25, 0.3) is 0 Å². The highest BCUT2D eigenvalue weighted by molar-refractivity contribution is 6.09. The van der Waals surface area contributed by atoms with Crippen molar-refractivity contribution in [2.75, 3.05) is 32.8 Å². The largest absolute Gasteiger partial charge is 0.497 e. The number of amides is 1. The molecule has 1 amide bonds. The summed E-state index contributed by atoms with van der Waals surface area (Å²) < 4.78 is 14.7. The molecule has 1 aliphatic rings. The van der Waals surface area contributed by atoms with Crippen LogP contribution >= 0.6 is 0 Å². The molecule has 0 atom stereocenters. The van der Waals surface area contributed by atoms with Gasteiger partial charge in [0.15, 0.2) is 5.41 Å². The maximum absolute atomic E-state index is 12.1. The molecule has 1 aromatic rings. The van der Waals surface area contributed by atoms with Crippen molar-refractivity contribution < 1.29 is 23.8 Å². The van der Waals surface area contributed by atoms with Crippen LogP contribution in [-0.4, -0.2) is 39.3 Å². The van der Waals surface area contributed by atoms with Gasteiger partial charge in [0.1, 0.15) is 5.75 Å². The fourth-order valence-electron chi connectivity index (χ4n) is 1.77. The Kier molecular flexibility index (Phi) is 3.71. The molecule has 6 heteroatoms. The molecule has 0 bridgehead atoms. The first-order valence-electron chi connectivity index (χ1n) is 5.74. The maximum Gasteiger partial charge on any atom is 0.326 e. The van der Waals surface area contributed by atoms with E-state index in [0.29, 0.717) is 11.4 Å². The van der Waals surface area contributed by atoms with Crippen LogP contribution in [0, 0.1) is 5.41 Å². The molecule has 1 saturated heterocycles. The molecule has 1 aromatic carbocycles. The van der Waals surface area contributed by atoms with Crippen LogP contribution in [0.1, 0.15) is 0 Å². The fraction of sp³-hybridized carbons (Fsp3) is 0.385. The van der Waals surface area contributed by atoms with Crippen LogP contribution in [0.4, 0.5) is 5.69 Å². The van der Waals surface area contributed by atoms with Crippen molar-refractivity contribution in [2.45, 2.75) is 0 Å². The topological polar surface area (TPSA) is 73.9 Å². The van der Waals surface area contributed by atoms with Gasteiger partial charge >= 0.3 is 5.97 Å². The molecular weight excluding hydrogens is 250 g/mol. The minimum absolute atomic E-state index is 0.0433. The average molecular weight is 265 g/mol. The van der Waals surface area contributed by atoms with Crippen LogP contribution in [0.15, 0.2) is 24.3 Å². The van der Waals surface area contributed by atoms with E-state index in [1.54, 1.807) is 31.4 Å². The van der Waals surface area contributed by atoms with Crippen LogP contribution in [0.2, 0.25) is 0 Å². The Bertz CT molecular complexity index is 478. The molecule has 1 N–H and O–H groups in total. The van der Waals surface area contributed by atoms with E-state index < -0.39 is 17.3 Å². The number of rotatable bonds is 4. The van der Waals surface area contributed by atoms with Crippen molar-refractivity contribution in [1.82, 2.24) is 0 Å². The van der Waals surface area contributed by atoms with Gasteiger partial charge in [-0.05, 0) is 24.3 Å². The molecule has 1 heterocycles. The van der Waals surface area contributed by atoms with E-state index in [2.05, 4.69) is 10.1 Å². The molecule has 0 radical (unpaired) electrons. The second kappa shape index (κ2) is 5.27. The van der Waals surface area contributed by atoms with Crippen LogP contribution in [0.5, 0.6) is 5.75 Å². The van der Waals surface area contributed by atoms with E-state index in [1.807, 2.05) is 0 Å². The second-order valence-electron chi connectivity index (χ2n) is 4.25. The van der Waals surface area contributed by atoms with Gasteiger partial charge in [0.2, 0.25) is 5.91 Å². The number of esters is 1. The van der Waals surface area contributed by atoms with Crippen molar-refractivity contribution >= 4 is 17.6 Å². The Morgan fingerprint density at radius 2 is 1.84 bits per heavy atom. The van der Waals surface area contributed by atoms with E-state index in [0.717, 1.165) is 0 Å². The van der Waals surface area contributed by atoms with Crippen LogP contribution in [-0.2, 0) is 19.1 Å². The van der Waals surface area contributed by atoms with E-state index in [1.165, 1.54) is 7.11 Å². The highest BCUT2D eigenvalue weighted by Crippen LogP contribution is 2.31. The molecular formula is C13H15NO5. The summed E-state index contributed by atoms with van der Waals surface area (Å²) in [5.41, 5.74) is -0.643. The maximum atomic E-state index is 12.1. The molecule has 102 valence electrons. The van der Waals surface area contributed by atoms with Gasteiger partial charge in [-0.25, -0.2) is 0 Å². The summed E-state index contributed by atoms with van der Waals surface area (Å²) in [7, 11) is 2.81. The molecule has 1 fully saturated rings. The number of methoxy groups -OCH3 is 2. The third-order valence-electron chi connectivity index (χ3n) is 3.06. The van der Waals surface area contributed by atoms with Crippen LogP contribution in [0.3, 0.4) is 0 Å². The minimum atomic E-state index is -1.23. The summed E-state index contributed by atoms with van der Waals surface area (Å²) in [6, 6.07) is 6.83. The number of benzene rings is 1. The minimum Gasteiger partial charge on any atom is -0.497 e. The quantitative estimate of drug-likeness (QED) is 0.644. The first kappa shape index (κ1) is 13.4. The molecule has 0 unspecified atom stereocenters. The van der Waals surface area contributed by atoms with Gasteiger partial charge in [-0.15, -0.1) is 0 Å². The second-order valence-corrected chi connectivity index (χ2v) is 4.25. The third kappa shape index (κ3) is 2.39. The Hall–Kier alpha value is -2.08. The Labute approximate surface area is 110 Å². The molecule has 0 aromatic heterocycles. The van der Waals surface area contributed by atoms with E-state index >= 15 is 0 Å². The first-order valence-corrected chi connectivity index (χ1v) is 5.74. The summed E-state index contributed by atoms with van der Waals surface area (Å²) in [4.78, 5) is 23.8. The predicted molar refractivity (Wildman–Crippen MR) is 66.9 cm³/mol. The lowest BCUT2D eigenvalue weighted by molar-refractivity contribution is -0.185. The lowest BCUT2D eigenvalue weighted by atomic mass is 9.85. The molecule has 1 aliphatic heterocycles. The number of hydrogen-bond donors (Lipinski definition) is 1. The normalized spacial score (nSPS) is 16.1. The lowest BCUT2D eigenvalue weighted by Crippen LogP contribution is -2.57. The number of anilines is 1. The van der Waals surface area contributed by atoms with Crippen LogP contribution in [0.25, 0.3) is 0 Å². The zero-order valence-electron chi connectivity index (χ0n) is 10.8. The first-order chi connectivity index (χ1) is 9.12. The van der Waals surface area contributed by atoms with Crippen molar-refractivity contribution in [3.05, 3.63) is 24.3 Å². The summed E-state index contributed by atoms with van der Waals surface area (Å²) in [6.07, 6.45) is 0. The van der Waals surface area contributed by atoms with Gasteiger partial charge < -0.3 is 19.5 Å². The molecule has 2 rings (SSSR count). The van der Waals surface area contributed by atoms with Crippen LogP contribution < -0.4 is 10.1 Å². The van der Waals surface area contributed by atoms with E-state index in [-0.39, 0.29) is 13.2 Å². The zero-order valence-corrected chi connectivity index (χ0v) is 10.8. The molecule has 6 nitrogen and oxygen atoms in total. The van der Waals surface area contributed by atoms with Crippen molar-refractivity contribution in [3.63, 3.8) is 0 Å². The number of nitrogens with one attached hydrogen (secondary N) is 1. The Morgan fingerprint density at radius 1 is 1.21 bits per heavy atom. The lowest BCUT2D eigenvalue weighted by Gasteiger charge is -2.36. The van der Waals surface area contributed by atoms with Gasteiger partial charge in [-0.1, -0.05) is 0 Å². The SMILES string of the molecule is COC(=O)C1(C(=O)Nc2ccc(OC)cc2)COC1. The zero-order chi connectivity index (χ0) is 13.9. The van der Waals surface area contributed by atoms with E-state index in [9.17, 15) is 9.59 Å². The average Bonchev–Trinajstić information content (AvgIpc) is 2.38. The monoisotopic (exact) mass is 265 g/mol. The Balaban J connectivity index is 2.09. The number of carbonyl (C=O) groups excluding carboxylic acids is 2. The third-order valence-corrected chi connectivity index (χ3v) is 3.06. The summed E-state index contributed by atoms with van der Waals surface area (Å²) in [6.45, 7) is 0.0866. The van der Waals surface area contributed by atoms with Gasteiger partial charge in [-0.2, -0.15) is 0 Å². The van der Waals surface area contributed by atoms with Crippen molar-refractivity contribution in [2.24, 2.45) is 5.41 Å². The molecule has 19 heavy (non-hydrogen) atoms. The van der Waals surface area contributed by atoms with Gasteiger partial charge in [-0.3, -0.25) is 9.59 Å². The fourth-order valence-corrected chi connectivity index (χ4v) is 1.77. The van der Waals surface area contributed by atoms with E-state index in [4.69, 9.17) is 9.47 Å². The molecule has 0 aliphatic carbocycles. The summed E-state index contributed by atoms with van der Waals surface area (Å²) in [5.74, 6) is -0.312. The summed E-state index contributed by atoms with van der Waals surface area (Å²) >= 11 is 0. The number of carbonyl (C=O) groups is 2. The smallest absolute Gasteiger partial charge is 0.326 e. The number of ether oxygens (including phenoxy) is 3. The molecule has 0 spiro atoms. The van der Waals surface area contributed by atoms with Gasteiger partial charge in [0.05, 0.1) is 27.4 Å². The predicted octanol–water partition coefficient (Wildman–Crippen LogP) is 0.823. The summed E-state index contributed by atoms with van der Waals surface area (Å²) in [5, 5.41) is 2.68. The molecule has 0 saturated carbocycles. The van der Waals surface area contributed by atoms with Gasteiger partial charge in [0, 0.05) is 5.69 Å². The van der Waals surface area contributed by atoms with Crippen molar-refractivity contribution in [3.8, 4) is 5.75 Å². The highest BCUT2D eigenvalue weighted by atomic mass is 16.5. The Morgan fingerprint density at radius 3 is 2.26 bits per heavy atom. The highest BCUT2D eigenvalue weighted by Gasteiger charge is 2.54. The standard InChI is InChI=1S/C13H15NO5/c1-17-10-5-3-9(4-6-10)14-11(15)13(7-19-8-13)12(16)18-2/h3-6H,7-8H2,1-2H3,(H,14,15). The van der Waals surface area contributed by atoms with Crippen molar-refractivity contribution in [1.29, 1.82) is 0 Å².